The van der Waals surface area contributed by atoms with Crippen LogP contribution < -0.4 is 0 Å². The topological polar surface area (TPSA) is 20.2 Å². The van der Waals surface area contributed by atoms with E-state index in [1.54, 1.807) is 0 Å². The van der Waals surface area contributed by atoms with Gasteiger partial charge in [-0.05, 0) is 18.4 Å². The normalized spacial score (nSPS) is 14.3. The fourth-order valence-corrected chi connectivity index (χ4v) is 2.76. The van der Waals surface area contributed by atoms with Crippen LogP contribution in [0.4, 0.5) is 0 Å². The van der Waals surface area contributed by atoms with Gasteiger partial charge in [0.1, 0.15) is 0 Å². The number of benzene rings is 1. The van der Waals surface area contributed by atoms with Gasteiger partial charge in [0.2, 0.25) is 0 Å². The summed E-state index contributed by atoms with van der Waals surface area (Å²) >= 11 is 4.59. The second kappa shape index (κ2) is 10.3. The smallest absolute Gasteiger partial charge is 0.0554 e. The molecule has 0 unspecified atom stereocenters. The highest BCUT2D eigenvalue weighted by Gasteiger charge is 2.12. The molecule has 0 aliphatic rings. The monoisotopic (exact) mass is 280 g/mol. The molecule has 0 saturated carbocycles. The largest absolute Gasteiger partial charge is 0.393 e. The molecule has 1 rings (SSSR count). The molecule has 19 heavy (non-hydrogen) atoms. The molecule has 0 aliphatic heterocycles. The van der Waals surface area contributed by atoms with Crippen molar-refractivity contribution in [2.24, 2.45) is 0 Å². The molecule has 2 atom stereocenters. The van der Waals surface area contributed by atoms with E-state index in [1.807, 2.05) is 18.2 Å². The van der Waals surface area contributed by atoms with Crippen molar-refractivity contribution in [1.82, 2.24) is 0 Å². The van der Waals surface area contributed by atoms with Crippen molar-refractivity contribution in [2.45, 2.75) is 69.6 Å². The van der Waals surface area contributed by atoms with Crippen molar-refractivity contribution in [3.63, 3.8) is 0 Å². The molecule has 0 aromatic heterocycles. The number of unbranched alkanes of at least 4 members (excludes halogenated alkanes) is 5. The van der Waals surface area contributed by atoms with Gasteiger partial charge in [-0.3, -0.25) is 0 Å². The first kappa shape index (κ1) is 16.6. The van der Waals surface area contributed by atoms with E-state index in [-0.39, 0.29) is 11.4 Å². The lowest BCUT2D eigenvalue weighted by atomic mass is 10.0. The van der Waals surface area contributed by atoms with Gasteiger partial charge in [0.25, 0.3) is 0 Å². The highest BCUT2D eigenvalue weighted by molar-refractivity contribution is 7.80. The van der Waals surface area contributed by atoms with E-state index in [2.05, 4.69) is 31.7 Å². The van der Waals surface area contributed by atoms with Crippen LogP contribution in [0.25, 0.3) is 0 Å². The minimum Gasteiger partial charge on any atom is -0.393 e. The van der Waals surface area contributed by atoms with E-state index in [0.717, 1.165) is 19.3 Å². The SMILES string of the molecule is CCCCCCCC[C@@H](O)C[C@H](S)c1ccccc1. The van der Waals surface area contributed by atoms with Gasteiger partial charge >= 0.3 is 0 Å². The Bertz CT molecular complexity index is 312. The van der Waals surface area contributed by atoms with Crippen molar-refractivity contribution in [1.29, 1.82) is 0 Å². The fraction of sp³-hybridized carbons (Fsp3) is 0.647. The number of aliphatic hydroxyl groups is 1. The van der Waals surface area contributed by atoms with Crippen molar-refractivity contribution in [2.75, 3.05) is 0 Å². The van der Waals surface area contributed by atoms with Crippen molar-refractivity contribution in [3.05, 3.63) is 35.9 Å². The van der Waals surface area contributed by atoms with Gasteiger partial charge in [-0.25, -0.2) is 0 Å². The van der Waals surface area contributed by atoms with E-state index in [4.69, 9.17) is 0 Å². The summed E-state index contributed by atoms with van der Waals surface area (Å²) in [6.45, 7) is 2.24. The number of aliphatic hydroxyl groups excluding tert-OH is 1. The quantitative estimate of drug-likeness (QED) is 0.448. The molecule has 1 aromatic rings. The maximum Gasteiger partial charge on any atom is 0.0554 e. The Morgan fingerprint density at radius 2 is 1.63 bits per heavy atom. The highest BCUT2D eigenvalue weighted by atomic mass is 32.1. The standard InChI is InChI=1S/C17H28OS/c1-2-3-4-5-6-10-13-16(18)14-17(19)15-11-8-7-9-12-15/h7-9,11-12,16-19H,2-6,10,13-14H2,1H3/t16-,17+/m1/s1. The summed E-state index contributed by atoms with van der Waals surface area (Å²) in [5, 5.41) is 10.2. The van der Waals surface area contributed by atoms with Crippen molar-refractivity contribution in [3.8, 4) is 0 Å². The number of hydrogen-bond donors (Lipinski definition) is 2. The third-order valence-corrected chi connectivity index (χ3v) is 4.08. The zero-order chi connectivity index (χ0) is 13.9. The first-order valence-electron chi connectivity index (χ1n) is 7.65. The molecule has 0 bridgehead atoms. The van der Waals surface area contributed by atoms with E-state index < -0.39 is 0 Å². The Balaban J connectivity index is 2.12. The molecule has 2 heteroatoms. The molecule has 0 fully saturated rings. The molecule has 0 spiro atoms. The zero-order valence-electron chi connectivity index (χ0n) is 12.1. The molecule has 0 amide bonds. The van der Waals surface area contributed by atoms with Crippen molar-refractivity contribution < 1.29 is 5.11 Å². The number of rotatable bonds is 10. The fourth-order valence-electron chi connectivity index (χ4n) is 2.35. The van der Waals surface area contributed by atoms with Crippen LogP contribution in [0.1, 0.15) is 69.1 Å². The summed E-state index contributed by atoms with van der Waals surface area (Å²) in [6.07, 6.45) is 9.12. The van der Waals surface area contributed by atoms with Gasteiger partial charge in [0, 0.05) is 5.25 Å². The average Bonchev–Trinajstić information content (AvgIpc) is 2.43. The first-order chi connectivity index (χ1) is 9.24. The maximum atomic E-state index is 10.0. The predicted octanol–water partition coefficient (Wildman–Crippen LogP) is 5.16. The highest BCUT2D eigenvalue weighted by Crippen LogP contribution is 2.26. The Hall–Kier alpha value is -0.470. The maximum absolute atomic E-state index is 10.0. The van der Waals surface area contributed by atoms with Crippen LogP contribution in [0.5, 0.6) is 0 Å². The van der Waals surface area contributed by atoms with Gasteiger partial charge in [-0.2, -0.15) is 12.6 Å². The molecule has 108 valence electrons. The Morgan fingerprint density at radius 1 is 1.00 bits per heavy atom. The van der Waals surface area contributed by atoms with Crippen LogP contribution in [0, 0.1) is 0 Å². The predicted molar refractivity (Wildman–Crippen MR) is 86.8 cm³/mol. The van der Waals surface area contributed by atoms with E-state index in [9.17, 15) is 5.11 Å². The van der Waals surface area contributed by atoms with Crippen LogP contribution in [-0.4, -0.2) is 11.2 Å². The average molecular weight is 280 g/mol. The van der Waals surface area contributed by atoms with Gasteiger partial charge in [-0.15, -0.1) is 0 Å². The minimum absolute atomic E-state index is 0.149. The summed E-state index contributed by atoms with van der Waals surface area (Å²) in [4.78, 5) is 0. The van der Waals surface area contributed by atoms with E-state index >= 15 is 0 Å². The van der Waals surface area contributed by atoms with Crippen molar-refractivity contribution >= 4 is 12.6 Å². The molecular weight excluding hydrogens is 252 g/mol. The Labute approximate surface area is 123 Å². The lowest BCUT2D eigenvalue weighted by Crippen LogP contribution is -2.09. The first-order valence-corrected chi connectivity index (χ1v) is 8.16. The number of thiol groups is 1. The molecular formula is C17H28OS. The van der Waals surface area contributed by atoms with Gasteiger partial charge in [-0.1, -0.05) is 75.8 Å². The van der Waals surface area contributed by atoms with E-state index in [1.165, 1.54) is 37.7 Å². The second-order valence-electron chi connectivity index (χ2n) is 5.37. The van der Waals surface area contributed by atoms with Gasteiger partial charge in [0.05, 0.1) is 6.10 Å². The molecule has 1 N–H and O–H groups in total. The Kier molecular flexibility index (Phi) is 9.02. The molecule has 0 radical (unpaired) electrons. The Morgan fingerprint density at radius 3 is 2.32 bits per heavy atom. The van der Waals surface area contributed by atoms with Gasteiger partial charge in [0.15, 0.2) is 0 Å². The second-order valence-corrected chi connectivity index (χ2v) is 6.00. The van der Waals surface area contributed by atoms with Crippen LogP contribution in [0.3, 0.4) is 0 Å². The summed E-state index contributed by atoms with van der Waals surface area (Å²) < 4.78 is 0. The van der Waals surface area contributed by atoms with Crippen LogP contribution in [-0.2, 0) is 0 Å². The summed E-state index contributed by atoms with van der Waals surface area (Å²) in [5.41, 5.74) is 1.20. The van der Waals surface area contributed by atoms with Crippen LogP contribution in [0.2, 0.25) is 0 Å². The van der Waals surface area contributed by atoms with Crippen LogP contribution in [0.15, 0.2) is 30.3 Å². The molecule has 0 saturated heterocycles. The van der Waals surface area contributed by atoms with E-state index in [0.29, 0.717) is 0 Å². The van der Waals surface area contributed by atoms with Crippen LogP contribution >= 0.6 is 12.6 Å². The third kappa shape index (κ3) is 7.64. The molecule has 1 nitrogen and oxygen atoms in total. The third-order valence-electron chi connectivity index (χ3n) is 3.57. The number of hydrogen-bond acceptors (Lipinski definition) is 2. The molecule has 1 aromatic carbocycles. The van der Waals surface area contributed by atoms with Gasteiger partial charge < -0.3 is 5.11 Å². The summed E-state index contributed by atoms with van der Waals surface area (Å²) in [5.74, 6) is 0. The zero-order valence-corrected chi connectivity index (χ0v) is 13.0. The molecule has 0 aliphatic carbocycles. The lowest BCUT2D eigenvalue weighted by molar-refractivity contribution is 0.150. The summed E-state index contributed by atoms with van der Waals surface area (Å²) in [7, 11) is 0. The lowest BCUT2D eigenvalue weighted by Gasteiger charge is -2.16. The minimum atomic E-state index is -0.214. The molecule has 0 heterocycles. The summed E-state index contributed by atoms with van der Waals surface area (Å²) in [6, 6.07) is 10.2.